The van der Waals surface area contributed by atoms with Crippen LogP contribution in [-0.2, 0) is 9.53 Å². The zero-order valence-electron chi connectivity index (χ0n) is 6.26. The quantitative estimate of drug-likeness (QED) is 0.722. The number of halogens is 1. The summed E-state index contributed by atoms with van der Waals surface area (Å²) in [6.07, 6.45) is 0. The SMILES string of the molecule is CCOCC.O=C(O)CBr. The Kier molecular flexibility index (Phi) is 14.7. The minimum Gasteiger partial charge on any atom is -0.481 e. The van der Waals surface area contributed by atoms with Gasteiger partial charge in [-0.25, -0.2) is 0 Å². The second kappa shape index (κ2) is 11.7. The third kappa shape index (κ3) is 24.7. The maximum atomic E-state index is 9.32. The van der Waals surface area contributed by atoms with Gasteiger partial charge >= 0.3 is 5.97 Å². The van der Waals surface area contributed by atoms with Crippen molar-refractivity contribution in [1.29, 1.82) is 0 Å². The van der Waals surface area contributed by atoms with Gasteiger partial charge in [-0.1, -0.05) is 15.9 Å². The van der Waals surface area contributed by atoms with E-state index in [9.17, 15) is 4.79 Å². The third-order valence-electron chi connectivity index (χ3n) is 0.523. The molecular weight excluding hydrogens is 200 g/mol. The first-order valence-corrected chi connectivity index (χ1v) is 4.16. The first-order chi connectivity index (χ1) is 4.68. The summed E-state index contributed by atoms with van der Waals surface area (Å²) < 4.78 is 4.83. The van der Waals surface area contributed by atoms with Crippen LogP contribution >= 0.6 is 15.9 Å². The van der Waals surface area contributed by atoms with Crippen molar-refractivity contribution in [3.63, 3.8) is 0 Å². The number of ether oxygens (including phenoxy) is 1. The molecule has 0 aliphatic rings. The Labute approximate surface area is 69.5 Å². The normalized spacial score (nSPS) is 7.90. The second-order valence-corrected chi connectivity index (χ2v) is 1.87. The summed E-state index contributed by atoms with van der Waals surface area (Å²) in [5.41, 5.74) is 0. The molecule has 10 heavy (non-hydrogen) atoms. The largest absolute Gasteiger partial charge is 0.481 e. The molecule has 3 nitrogen and oxygen atoms in total. The van der Waals surface area contributed by atoms with Gasteiger partial charge in [0, 0.05) is 13.2 Å². The molecule has 0 aromatic heterocycles. The lowest BCUT2D eigenvalue weighted by Crippen LogP contribution is -1.92. The van der Waals surface area contributed by atoms with Crippen molar-refractivity contribution in [3.05, 3.63) is 0 Å². The molecule has 0 heterocycles. The van der Waals surface area contributed by atoms with E-state index in [0.29, 0.717) is 0 Å². The lowest BCUT2D eigenvalue weighted by molar-refractivity contribution is -0.133. The fourth-order valence-electron chi connectivity index (χ4n) is 0.204. The van der Waals surface area contributed by atoms with Crippen LogP contribution in [0.5, 0.6) is 0 Å². The Morgan fingerprint density at radius 2 is 1.80 bits per heavy atom. The second-order valence-electron chi connectivity index (χ2n) is 1.31. The van der Waals surface area contributed by atoms with E-state index in [0.717, 1.165) is 13.2 Å². The van der Waals surface area contributed by atoms with Crippen LogP contribution in [0.3, 0.4) is 0 Å². The van der Waals surface area contributed by atoms with E-state index in [2.05, 4.69) is 15.9 Å². The van der Waals surface area contributed by atoms with Crippen LogP contribution in [0.15, 0.2) is 0 Å². The van der Waals surface area contributed by atoms with E-state index in [1.54, 1.807) is 0 Å². The first-order valence-electron chi connectivity index (χ1n) is 3.04. The molecule has 0 atom stereocenters. The summed E-state index contributed by atoms with van der Waals surface area (Å²) in [6.45, 7) is 5.67. The van der Waals surface area contributed by atoms with Gasteiger partial charge in [-0.3, -0.25) is 4.79 Å². The number of hydrogen-bond acceptors (Lipinski definition) is 2. The Hall–Kier alpha value is -0.0900. The van der Waals surface area contributed by atoms with Gasteiger partial charge < -0.3 is 9.84 Å². The van der Waals surface area contributed by atoms with Crippen LogP contribution in [0, 0.1) is 0 Å². The molecule has 0 bridgehead atoms. The van der Waals surface area contributed by atoms with E-state index in [-0.39, 0.29) is 5.33 Å². The molecule has 0 rings (SSSR count). The lowest BCUT2D eigenvalue weighted by Gasteiger charge is -1.86. The summed E-state index contributed by atoms with van der Waals surface area (Å²) in [4.78, 5) is 9.32. The average molecular weight is 213 g/mol. The zero-order valence-corrected chi connectivity index (χ0v) is 7.85. The summed E-state index contributed by atoms with van der Waals surface area (Å²) >= 11 is 2.71. The van der Waals surface area contributed by atoms with E-state index in [4.69, 9.17) is 9.84 Å². The number of hydrogen-bond donors (Lipinski definition) is 1. The van der Waals surface area contributed by atoms with Crippen molar-refractivity contribution in [1.82, 2.24) is 0 Å². The van der Waals surface area contributed by atoms with Gasteiger partial charge in [-0.05, 0) is 13.8 Å². The Morgan fingerprint density at radius 1 is 1.50 bits per heavy atom. The Morgan fingerprint density at radius 3 is 1.80 bits per heavy atom. The first kappa shape index (κ1) is 12.6. The molecule has 0 aliphatic heterocycles. The lowest BCUT2D eigenvalue weighted by atomic mass is 10.8. The maximum Gasteiger partial charge on any atom is 0.314 e. The monoisotopic (exact) mass is 212 g/mol. The topological polar surface area (TPSA) is 46.5 Å². The summed E-state index contributed by atoms with van der Waals surface area (Å²) in [7, 11) is 0. The summed E-state index contributed by atoms with van der Waals surface area (Å²) in [5.74, 6) is -0.829. The number of carboxylic acids is 1. The molecule has 4 heteroatoms. The third-order valence-corrected chi connectivity index (χ3v) is 1.00. The number of alkyl halides is 1. The average Bonchev–Trinajstić information content (AvgIpc) is 1.91. The number of aliphatic carboxylic acids is 1. The van der Waals surface area contributed by atoms with Crippen LogP contribution in [0.25, 0.3) is 0 Å². The van der Waals surface area contributed by atoms with Crippen molar-refractivity contribution in [3.8, 4) is 0 Å². The fraction of sp³-hybridized carbons (Fsp3) is 0.833. The Balaban J connectivity index is 0. The maximum absolute atomic E-state index is 9.32. The van der Waals surface area contributed by atoms with Gasteiger partial charge in [0.05, 0.1) is 0 Å². The minimum atomic E-state index is -0.829. The van der Waals surface area contributed by atoms with E-state index < -0.39 is 5.97 Å². The smallest absolute Gasteiger partial charge is 0.314 e. The van der Waals surface area contributed by atoms with Crippen molar-refractivity contribution in [2.75, 3.05) is 18.5 Å². The molecule has 62 valence electrons. The molecule has 0 saturated carbocycles. The van der Waals surface area contributed by atoms with Crippen molar-refractivity contribution in [2.45, 2.75) is 13.8 Å². The van der Waals surface area contributed by atoms with Gasteiger partial charge in [0.25, 0.3) is 0 Å². The molecule has 0 fully saturated rings. The van der Waals surface area contributed by atoms with Gasteiger partial charge in [-0.2, -0.15) is 0 Å². The van der Waals surface area contributed by atoms with E-state index in [1.165, 1.54) is 0 Å². The molecule has 0 saturated heterocycles. The van der Waals surface area contributed by atoms with Crippen LogP contribution in [0.1, 0.15) is 13.8 Å². The molecule has 0 aliphatic carbocycles. The molecule has 0 spiro atoms. The van der Waals surface area contributed by atoms with E-state index >= 15 is 0 Å². The molecule has 0 amide bonds. The van der Waals surface area contributed by atoms with Crippen LogP contribution < -0.4 is 0 Å². The molecule has 0 aromatic carbocycles. The van der Waals surface area contributed by atoms with Gasteiger partial charge in [0.1, 0.15) is 5.33 Å². The van der Waals surface area contributed by atoms with Gasteiger partial charge in [0.15, 0.2) is 0 Å². The summed E-state index contributed by atoms with van der Waals surface area (Å²) in [5, 5.41) is 7.71. The minimum absolute atomic E-state index is 0.0347. The number of rotatable bonds is 3. The van der Waals surface area contributed by atoms with E-state index in [1.807, 2.05) is 13.8 Å². The highest BCUT2D eigenvalue weighted by Crippen LogP contribution is 1.73. The molecule has 0 unspecified atom stereocenters. The van der Waals surface area contributed by atoms with Crippen molar-refractivity contribution >= 4 is 21.9 Å². The number of carboxylic acid groups (broad SMARTS) is 1. The molecule has 1 N–H and O–H groups in total. The molecular formula is C6H13BrO3. The fourth-order valence-corrected chi connectivity index (χ4v) is 0.204. The van der Waals surface area contributed by atoms with Crippen molar-refractivity contribution < 1.29 is 14.6 Å². The van der Waals surface area contributed by atoms with Crippen LogP contribution in [0.4, 0.5) is 0 Å². The van der Waals surface area contributed by atoms with Gasteiger partial charge in [-0.15, -0.1) is 0 Å². The predicted molar refractivity (Wildman–Crippen MR) is 43.6 cm³/mol. The standard InChI is InChI=1S/C4H10O.C2H3BrO2/c1-3-5-4-2;3-1-2(4)5/h3-4H2,1-2H3;1H2,(H,4,5). The molecule has 0 radical (unpaired) electrons. The number of carbonyl (C=O) groups is 1. The van der Waals surface area contributed by atoms with Gasteiger partial charge in [0.2, 0.25) is 0 Å². The van der Waals surface area contributed by atoms with Crippen molar-refractivity contribution in [2.24, 2.45) is 0 Å². The summed E-state index contributed by atoms with van der Waals surface area (Å²) in [6, 6.07) is 0. The van der Waals surface area contributed by atoms with Crippen LogP contribution in [0.2, 0.25) is 0 Å². The predicted octanol–water partition coefficient (Wildman–Crippen LogP) is 1.51. The Bertz CT molecular complexity index is 73.4. The van der Waals surface area contributed by atoms with Crippen LogP contribution in [-0.4, -0.2) is 29.6 Å². The highest BCUT2D eigenvalue weighted by Gasteiger charge is 1.83. The zero-order chi connectivity index (χ0) is 8.41. The highest BCUT2D eigenvalue weighted by atomic mass is 79.9. The highest BCUT2D eigenvalue weighted by molar-refractivity contribution is 9.09. The molecule has 0 aromatic rings.